The van der Waals surface area contributed by atoms with Gasteiger partial charge in [-0.05, 0) is 48.0 Å². The smallest absolute Gasteiger partial charge is 0.268 e. The molecule has 0 fully saturated rings. The molecule has 2 heterocycles. The number of hydrogen-bond acceptors (Lipinski definition) is 6. The molecule has 1 amide bonds. The van der Waals surface area contributed by atoms with Gasteiger partial charge in [-0.15, -0.1) is 0 Å². The molecule has 0 saturated heterocycles. The summed E-state index contributed by atoms with van der Waals surface area (Å²) in [4.78, 5) is 21.0. The molecule has 1 aliphatic rings. The van der Waals surface area contributed by atoms with Crippen molar-refractivity contribution < 1.29 is 17.6 Å². The molecule has 182 valence electrons. The molecule has 1 aliphatic heterocycles. The van der Waals surface area contributed by atoms with Crippen LogP contribution in [-0.4, -0.2) is 30.0 Å². The Balaban J connectivity index is 1.40. The summed E-state index contributed by atoms with van der Waals surface area (Å²) >= 11 is 6.96. The van der Waals surface area contributed by atoms with E-state index >= 15 is 0 Å². The highest BCUT2D eigenvalue weighted by Crippen LogP contribution is 2.42. The number of sulfonamides is 1. The average Bonchev–Trinajstić information content (AvgIpc) is 2.88. The summed E-state index contributed by atoms with van der Waals surface area (Å²) in [6.45, 7) is 0.0282. The molecular formula is C25H18ClFN4O3S2. The number of para-hydroxylation sites is 1. The number of benzene rings is 3. The lowest BCUT2D eigenvalue weighted by Crippen LogP contribution is -2.34. The molecule has 36 heavy (non-hydrogen) atoms. The highest BCUT2D eigenvalue weighted by Gasteiger charge is 2.36. The van der Waals surface area contributed by atoms with Crippen LogP contribution in [0, 0.1) is 5.82 Å². The van der Waals surface area contributed by atoms with Gasteiger partial charge in [0.2, 0.25) is 5.91 Å². The first kappa shape index (κ1) is 24.2. The number of nitrogens with zero attached hydrogens (tertiary/aromatic N) is 3. The Labute approximate surface area is 216 Å². The second-order valence-corrected chi connectivity index (χ2v) is 11.1. The molecule has 0 unspecified atom stereocenters. The highest BCUT2D eigenvalue weighted by atomic mass is 35.5. The molecule has 0 aliphatic carbocycles. The van der Waals surface area contributed by atoms with Gasteiger partial charge in [-0.25, -0.2) is 22.8 Å². The van der Waals surface area contributed by atoms with Crippen LogP contribution in [0.1, 0.15) is 5.56 Å². The first-order valence-corrected chi connectivity index (χ1v) is 13.5. The Morgan fingerprint density at radius 2 is 1.75 bits per heavy atom. The van der Waals surface area contributed by atoms with Crippen molar-refractivity contribution >= 4 is 50.7 Å². The van der Waals surface area contributed by atoms with Crippen molar-refractivity contribution in [3.63, 3.8) is 0 Å². The molecule has 1 N–H and O–H groups in total. The van der Waals surface area contributed by atoms with E-state index in [1.54, 1.807) is 60.7 Å². The lowest BCUT2D eigenvalue weighted by molar-refractivity contribution is -0.113. The number of halogens is 2. The minimum Gasteiger partial charge on any atom is -0.325 e. The topological polar surface area (TPSA) is 92.3 Å². The highest BCUT2D eigenvalue weighted by molar-refractivity contribution is 7.99. The maximum atomic E-state index is 13.5. The molecule has 0 radical (unpaired) electrons. The van der Waals surface area contributed by atoms with Crippen LogP contribution >= 0.6 is 23.4 Å². The Morgan fingerprint density at radius 3 is 2.50 bits per heavy atom. The Morgan fingerprint density at radius 1 is 1.03 bits per heavy atom. The minimum atomic E-state index is -3.98. The standard InChI is InChI=1S/C25H18ClFN4O3S2/c26-17-7-11-19(12-8-17)29-23(32)15-35-25-28-13-22-24(30-25)20-3-1-2-4-21(20)31(36(22,33)34)14-16-5-9-18(27)10-6-16/h1-13H,14-15H2,(H,29,32). The summed E-state index contributed by atoms with van der Waals surface area (Å²) in [6, 6.07) is 19.5. The van der Waals surface area contributed by atoms with Crippen LogP contribution in [0.2, 0.25) is 5.02 Å². The summed E-state index contributed by atoms with van der Waals surface area (Å²) in [5, 5.41) is 3.60. The molecule has 3 aromatic carbocycles. The van der Waals surface area contributed by atoms with E-state index in [0.29, 0.717) is 27.5 Å². The number of carbonyl (C=O) groups excluding carboxylic acids is 1. The maximum absolute atomic E-state index is 13.5. The molecule has 11 heteroatoms. The van der Waals surface area contributed by atoms with Crippen molar-refractivity contribution in [2.45, 2.75) is 16.6 Å². The average molecular weight is 541 g/mol. The van der Waals surface area contributed by atoms with Gasteiger partial charge in [0, 0.05) is 16.3 Å². The van der Waals surface area contributed by atoms with E-state index in [9.17, 15) is 17.6 Å². The Bertz CT molecular complexity index is 1550. The van der Waals surface area contributed by atoms with Crippen LogP contribution in [0.15, 0.2) is 89.0 Å². The van der Waals surface area contributed by atoms with E-state index in [1.165, 1.54) is 22.6 Å². The largest absolute Gasteiger partial charge is 0.325 e. The van der Waals surface area contributed by atoms with Gasteiger partial charge in [0.1, 0.15) is 10.7 Å². The van der Waals surface area contributed by atoms with Gasteiger partial charge in [0.05, 0.1) is 29.9 Å². The number of carbonyl (C=O) groups is 1. The zero-order valence-electron chi connectivity index (χ0n) is 18.6. The second-order valence-electron chi connectivity index (χ2n) is 7.86. The van der Waals surface area contributed by atoms with E-state index < -0.39 is 15.8 Å². The Kier molecular flexibility index (Phi) is 6.65. The fraction of sp³-hybridized carbons (Fsp3) is 0.0800. The molecular weight excluding hydrogens is 523 g/mol. The van der Waals surface area contributed by atoms with Crippen molar-refractivity contribution in [2.24, 2.45) is 0 Å². The molecule has 0 spiro atoms. The van der Waals surface area contributed by atoms with Gasteiger partial charge >= 0.3 is 0 Å². The summed E-state index contributed by atoms with van der Waals surface area (Å²) < 4.78 is 41.7. The molecule has 5 rings (SSSR count). The fourth-order valence-corrected chi connectivity index (χ4v) is 6.03. The van der Waals surface area contributed by atoms with Crippen LogP contribution in [0.3, 0.4) is 0 Å². The van der Waals surface area contributed by atoms with Gasteiger partial charge in [-0.3, -0.25) is 9.10 Å². The van der Waals surface area contributed by atoms with Gasteiger partial charge in [0.25, 0.3) is 10.0 Å². The van der Waals surface area contributed by atoms with Crippen molar-refractivity contribution in [1.82, 2.24) is 9.97 Å². The summed E-state index contributed by atoms with van der Waals surface area (Å²) in [7, 11) is -3.98. The number of aromatic nitrogens is 2. The number of rotatable bonds is 6. The number of nitrogens with one attached hydrogen (secondary N) is 1. The van der Waals surface area contributed by atoms with E-state index in [1.807, 2.05) is 0 Å². The van der Waals surface area contributed by atoms with Gasteiger partial charge < -0.3 is 5.32 Å². The third-order valence-corrected chi connectivity index (χ3v) is 8.30. The van der Waals surface area contributed by atoms with Crippen LogP contribution in [0.25, 0.3) is 11.3 Å². The third kappa shape index (κ3) is 4.92. The molecule has 0 saturated carbocycles. The number of anilines is 2. The van der Waals surface area contributed by atoms with Gasteiger partial charge in [-0.1, -0.05) is 53.7 Å². The number of amides is 1. The number of fused-ring (bicyclic) bond motifs is 3. The van der Waals surface area contributed by atoms with Crippen molar-refractivity contribution in [2.75, 3.05) is 15.4 Å². The summed E-state index contributed by atoms with van der Waals surface area (Å²) in [5.41, 5.74) is 2.61. The summed E-state index contributed by atoms with van der Waals surface area (Å²) in [5.74, 6) is -0.625. The van der Waals surface area contributed by atoms with Crippen molar-refractivity contribution in [3.8, 4) is 11.3 Å². The van der Waals surface area contributed by atoms with E-state index in [2.05, 4.69) is 15.3 Å². The van der Waals surface area contributed by atoms with E-state index in [4.69, 9.17) is 11.6 Å². The van der Waals surface area contributed by atoms with Crippen LogP contribution in [-0.2, 0) is 21.4 Å². The predicted octanol–water partition coefficient (Wildman–Crippen LogP) is 5.38. The molecule has 7 nitrogen and oxygen atoms in total. The number of thioether (sulfide) groups is 1. The van der Waals surface area contributed by atoms with E-state index in [0.717, 1.165) is 11.8 Å². The first-order valence-electron chi connectivity index (χ1n) is 10.7. The monoisotopic (exact) mass is 540 g/mol. The van der Waals surface area contributed by atoms with Crippen LogP contribution in [0.4, 0.5) is 15.8 Å². The lowest BCUT2D eigenvalue weighted by Gasteiger charge is -2.31. The second kappa shape index (κ2) is 9.88. The lowest BCUT2D eigenvalue weighted by atomic mass is 10.1. The summed E-state index contributed by atoms with van der Waals surface area (Å²) in [6.07, 6.45) is 1.27. The van der Waals surface area contributed by atoms with Crippen LogP contribution in [0.5, 0.6) is 0 Å². The molecule has 0 atom stereocenters. The SMILES string of the molecule is O=C(CSc1ncc2c(n1)-c1ccccc1N(Cc1ccc(F)cc1)S2(=O)=O)Nc1ccc(Cl)cc1. The first-order chi connectivity index (χ1) is 17.3. The van der Waals surface area contributed by atoms with Gasteiger partial charge in [0.15, 0.2) is 5.16 Å². The van der Waals surface area contributed by atoms with Crippen LogP contribution < -0.4 is 9.62 Å². The normalized spacial score (nSPS) is 13.6. The van der Waals surface area contributed by atoms with Crippen molar-refractivity contribution in [3.05, 3.63) is 95.4 Å². The number of hydrogen-bond donors (Lipinski definition) is 1. The van der Waals surface area contributed by atoms with Crippen molar-refractivity contribution in [1.29, 1.82) is 0 Å². The zero-order chi connectivity index (χ0) is 25.3. The predicted molar refractivity (Wildman–Crippen MR) is 138 cm³/mol. The minimum absolute atomic E-state index is 0.0282. The van der Waals surface area contributed by atoms with E-state index in [-0.39, 0.29) is 34.0 Å². The fourth-order valence-electron chi connectivity index (χ4n) is 3.73. The molecule has 4 aromatic rings. The zero-order valence-corrected chi connectivity index (χ0v) is 20.9. The third-order valence-electron chi connectivity index (χ3n) is 5.43. The molecule has 0 bridgehead atoms. The Hall–Kier alpha value is -3.47. The maximum Gasteiger partial charge on any atom is 0.268 e. The quantitative estimate of drug-likeness (QED) is 0.261. The van der Waals surface area contributed by atoms with Gasteiger partial charge in [-0.2, -0.15) is 0 Å². The molecule has 1 aromatic heterocycles.